The van der Waals surface area contributed by atoms with Crippen LogP contribution in [-0.2, 0) is 15.0 Å². The zero-order valence-electron chi connectivity index (χ0n) is 10.3. The number of nitrogen functional groups attached to an aromatic ring is 1. The summed E-state index contributed by atoms with van der Waals surface area (Å²) in [6.45, 7) is 1.93. The van der Waals surface area contributed by atoms with E-state index in [-0.39, 0.29) is 11.8 Å². The molecule has 0 saturated carbocycles. The summed E-state index contributed by atoms with van der Waals surface area (Å²) in [5.41, 5.74) is 6.47. The van der Waals surface area contributed by atoms with Gasteiger partial charge in [0.15, 0.2) is 0 Å². The number of hydrogen-bond donors (Lipinski definition) is 2. The van der Waals surface area contributed by atoms with E-state index in [1.165, 1.54) is 0 Å². The average molecular weight is 247 g/mol. The Bertz CT molecular complexity index is 484. The first-order chi connectivity index (χ1) is 8.51. The van der Waals surface area contributed by atoms with Crippen LogP contribution in [0.4, 0.5) is 5.69 Å². The molecule has 0 unspecified atom stereocenters. The van der Waals surface area contributed by atoms with Crippen molar-refractivity contribution in [3.05, 3.63) is 29.8 Å². The molecule has 0 spiro atoms. The summed E-state index contributed by atoms with van der Waals surface area (Å²) in [4.78, 5) is 23.8. The highest BCUT2D eigenvalue weighted by molar-refractivity contribution is 6.02. The molecule has 2 rings (SSSR count). The summed E-state index contributed by atoms with van der Waals surface area (Å²) in [5.74, 6) is 4.90. The topological polar surface area (TPSA) is 89.4 Å². The number of nitrogens with two attached hydrogens (primary N) is 2. The van der Waals surface area contributed by atoms with Crippen LogP contribution in [0.15, 0.2) is 24.3 Å². The van der Waals surface area contributed by atoms with Crippen LogP contribution in [0.1, 0.15) is 31.7 Å². The van der Waals surface area contributed by atoms with E-state index in [0.29, 0.717) is 24.9 Å². The van der Waals surface area contributed by atoms with Gasteiger partial charge in [-0.3, -0.25) is 9.59 Å². The molecular weight excluding hydrogens is 230 g/mol. The van der Waals surface area contributed by atoms with E-state index >= 15 is 0 Å². The van der Waals surface area contributed by atoms with Gasteiger partial charge in [0, 0.05) is 12.1 Å². The number of hydrogen-bond acceptors (Lipinski definition) is 4. The molecule has 5 nitrogen and oxygen atoms in total. The minimum atomic E-state index is -0.698. The van der Waals surface area contributed by atoms with Gasteiger partial charge in [0.1, 0.15) is 0 Å². The zero-order chi connectivity index (χ0) is 13.3. The minimum absolute atomic E-state index is 0.292. The maximum atomic E-state index is 12.3. The third kappa shape index (κ3) is 1.76. The van der Waals surface area contributed by atoms with E-state index in [1.54, 1.807) is 12.1 Å². The summed E-state index contributed by atoms with van der Waals surface area (Å²) in [6.07, 6.45) is 1.40. The molecule has 4 N–H and O–H groups in total. The Hall–Kier alpha value is -1.88. The van der Waals surface area contributed by atoms with Crippen LogP contribution < -0.4 is 11.6 Å². The van der Waals surface area contributed by atoms with E-state index in [4.69, 9.17) is 11.6 Å². The fourth-order valence-electron chi connectivity index (χ4n) is 2.49. The van der Waals surface area contributed by atoms with Crippen molar-refractivity contribution >= 4 is 17.5 Å². The van der Waals surface area contributed by atoms with Gasteiger partial charge in [-0.05, 0) is 30.5 Å². The first-order valence-electron chi connectivity index (χ1n) is 5.99. The van der Waals surface area contributed by atoms with Crippen LogP contribution in [0.3, 0.4) is 0 Å². The van der Waals surface area contributed by atoms with E-state index in [2.05, 4.69) is 0 Å². The number of benzene rings is 1. The van der Waals surface area contributed by atoms with Crippen molar-refractivity contribution in [3.63, 3.8) is 0 Å². The molecule has 1 aliphatic heterocycles. The van der Waals surface area contributed by atoms with Crippen molar-refractivity contribution in [2.45, 2.75) is 31.6 Å². The molecular formula is C13H17N3O2. The Kier molecular flexibility index (Phi) is 3.09. The second-order valence-electron chi connectivity index (χ2n) is 4.63. The van der Waals surface area contributed by atoms with Crippen LogP contribution in [0, 0.1) is 0 Å². The summed E-state index contributed by atoms with van der Waals surface area (Å²) in [5, 5.41) is 0.753. The van der Waals surface area contributed by atoms with E-state index < -0.39 is 5.41 Å². The first-order valence-corrected chi connectivity index (χ1v) is 5.99. The largest absolute Gasteiger partial charge is 0.399 e. The maximum absolute atomic E-state index is 12.3. The molecule has 1 fully saturated rings. The lowest BCUT2D eigenvalue weighted by Crippen LogP contribution is -2.56. The molecule has 1 aromatic carbocycles. The highest BCUT2D eigenvalue weighted by Gasteiger charge is 2.46. The normalized spacial score (nSPS) is 24.4. The molecule has 1 aromatic rings. The molecule has 0 aromatic heterocycles. The van der Waals surface area contributed by atoms with Gasteiger partial charge < -0.3 is 5.73 Å². The maximum Gasteiger partial charge on any atom is 0.254 e. The summed E-state index contributed by atoms with van der Waals surface area (Å²) in [7, 11) is 0. The van der Waals surface area contributed by atoms with Crippen LogP contribution in [-0.4, -0.2) is 16.8 Å². The Morgan fingerprint density at radius 2 is 1.89 bits per heavy atom. The molecule has 18 heavy (non-hydrogen) atoms. The second kappa shape index (κ2) is 4.42. The van der Waals surface area contributed by atoms with Gasteiger partial charge in [-0.15, -0.1) is 0 Å². The van der Waals surface area contributed by atoms with Gasteiger partial charge in [-0.1, -0.05) is 19.1 Å². The lowest BCUT2D eigenvalue weighted by atomic mass is 9.71. The quantitative estimate of drug-likeness (QED) is 0.352. The molecule has 5 heteroatoms. The van der Waals surface area contributed by atoms with E-state index in [9.17, 15) is 9.59 Å². The van der Waals surface area contributed by atoms with Gasteiger partial charge in [-0.2, -0.15) is 0 Å². The van der Waals surface area contributed by atoms with Crippen molar-refractivity contribution in [2.75, 3.05) is 5.73 Å². The molecule has 1 aliphatic rings. The third-order valence-electron chi connectivity index (χ3n) is 3.73. The van der Waals surface area contributed by atoms with Crippen LogP contribution >= 0.6 is 0 Å². The SMILES string of the molecule is CC[C@@]1(c2ccc(N)cc2)CCC(=O)N(N)C1=O. The number of carbonyl (C=O) groups is 2. The lowest BCUT2D eigenvalue weighted by Gasteiger charge is -2.38. The van der Waals surface area contributed by atoms with Crippen LogP contribution in [0.25, 0.3) is 0 Å². The molecule has 0 radical (unpaired) electrons. The number of anilines is 1. The summed E-state index contributed by atoms with van der Waals surface area (Å²) >= 11 is 0. The second-order valence-corrected chi connectivity index (χ2v) is 4.63. The highest BCUT2D eigenvalue weighted by Crippen LogP contribution is 2.37. The van der Waals surface area contributed by atoms with Crippen LogP contribution in [0.5, 0.6) is 0 Å². The number of carbonyl (C=O) groups excluding carboxylic acids is 2. The van der Waals surface area contributed by atoms with Gasteiger partial charge in [-0.25, -0.2) is 10.9 Å². The fraction of sp³-hybridized carbons (Fsp3) is 0.385. The Labute approximate surface area is 106 Å². The van der Waals surface area contributed by atoms with Crippen molar-refractivity contribution < 1.29 is 9.59 Å². The van der Waals surface area contributed by atoms with Crippen molar-refractivity contribution in [1.29, 1.82) is 0 Å². The lowest BCUT2D eigenvalue weighted by molar-refractivity contribution is -0.154. The number of amides is 2. The molecule has 1 heterocycles. The van der Waals surface area contributed by atoms with Gasteiger partial charge in [0.05, 0.1) is 5.41 Å². The smallest absolute Gasteiger partial charge is 0.254 e. The highest BCUT2D eigenvalue weighted by atomic mass is 16.2. The standard InChI is InChI=1S/C13H17N3O2/c1-2-13(9-3-5-10(14)6-4-9)8-7-11(17)16(15)12(13)18/h3-6H,2,7-8,14-15H2,1H3/t13-/m0/s1. The average Bonchev–Trinajstić information content (AvgIpc) is 2.38. The number of imide groups is 1. The Morgan fingerprint density at radius 3 is 2.44 bits per heavy atom. The fourth-order valence-corrected chi connectivity index (χ4v) is 2.49. The van der Waals surface area contributed by atoms with Crippen molar-refractivity contribution in [3.8, 4) is 0 Å². The predicted octanol–water partition coefficient (Wildman–Crippen LogP) is 0.939. The molecule has 1 atom stereocenters. The van der Waals surface area contributed by atoms with Crippen molar-refractivity contribution in [1.82, 2.24) is 5.01 Å². The third-order valence-corrected chi connectivity index (χ3v) is 3.73. The van der Waals surface area contributed by atoms with Gasteiger partial charge in [0.2, 0.25) is 5.91 Å². The number of rotatable bonds is 2. The first kappa shape index (κ1) is 12.6. The molecule has 0 aliphatic carbocycles. The zero-order valence-corrected chi connectivity index (χ0v) is 10.3. The Morgan fingerprint density at radius 1 is 1.28 bits per heavy atom. The summed E-state index contributed by atoms with van der Waals surface area (Å²) < 4.78 is 0. The van der Waals surface area contributed by atoms with Gasteiger partial charge in [0.25, 0.3) is 5.91 Å². The number of piperidine rings is 1. The monoisotopic (exact) mass is 247 g/mol. The molecule has 2 amide bonds. The molecule has 0 bridgehead atoms. The number of nitrogens with zero attached hydrogens (tertiary/aromatic N) is 1. The van der Waals surface area contributed by atoms with E-state index in [0.717, 1.165) is 10.6 Å². The summed E-state index contributed by atoms with van der Waals surface area (Å²) in [6, 6.07) is 7.19. The number of hydrazine groups is 1. The predicted molar refractivity (Wildman–Crippen MR) is 68.1 cm³/mol. The molecule has 96 valence electrons. The Balaban J connectivity index is 2.45. The van der Waals surface area contributed by atoms with E-state index in [1.807, 2.05) is 19.1 Å². The van der Waals surface area contributed by atoms with Gasteiger partial charge >= 0.3 is 0 Å². The van der Waals surface area contributed by atoms with Crippen molar-refractivity contribution in [2.24, 2.45) is 5.84 Å². The van der Waals surface area contributed by atoms with Crippen LogP contribution in [0.2, 0.25) is 0 Å². The molecule has 1 saturated heterocycles. The minimum Gasteiger partial charge on any atom is -0.399 e.